The average molecular weight is 392 g/mol. The summed E-state index contributed by atoms with van der Waals surface area (Å²) >= 11 is 6.98. The maximum absolute atomic E-state index is 13.9. The molecule has 1 saturated heterocycles. The molecule has 7 heteroatoms. The van der Waals surface area contributed by atoms with Crippen LogP contribution in [0.5, 0.6) is 0 Å². The number of likely N-dealkylation sites (tertiary alicyclic amines) is 1. The van der Waals surface area contributed by atoms with E-state index in [9.17, 15) is 18.0 Å². The molecule has 0 radical (unpaired) electrons. The highest BCUT2D eigenvalue weighted by Gasteiger charge is 2.33. The molecule has 1 fully saturated rings. The summed E-state index contributed by atoms with van der Waals surface area (Å²) < 4.78 is 40.9. The summed E-state index contributed by atoms with van der Waals surface area (Å²) in [4.78, 5) is 14.4. The van der Waals surface area contributed by atoms with Gasteiger partial charge in [-0.05, 0) is 18.6 Å². The monoisotopic (exact) mass is 391 g/mol. The molecule has 2 nitrogen and oxygen atoms in total. The molecule has 1 aromatic rings. The molecule has 0 saturated carbocycles. The third-order valence-corrected chi connectivity index (χ3v) is 4.67. The molecule has 1 unspecified atom stereocenters. The largest absolute Gasteiger partial charge is 0.337 e. The number of carbonyl (C=O) groups excluding carboxylic acids is 1. The van der Waals surface area contributed by atoms with Gasteiger partial charge in [0.25, 0.3) is 0 Å². The summed E-state index contributed by atoms with van der Waals surface area (Å²) in [6.07, 6.45) is 1.82. The van der Waals surface area contributed by atoms with Gasteiger partial charge in [-0.2, -0.15) is 0 Å². The molecule has 0 bridgehead atoms. The van der Waals surface area contributed by atoms with Gasteiger partial charge in [0.15, 0.2) is 11.6 Å². The molecule has 0 aliphatic carbocycles. The first-order chi connectivity index (χ1) is 11.8. The van der Waals surface area contributed by atoms with E-state index >= 15 is 0 Å². The number of allylic oxidation sites excluding steroid dienone is 1. The van der Waals surface area contributed by atoms with E-state index in [-0.39, 0.29) is 24.4 Å². The van der Waals surface area contributed by atoms with Crippen molar-refractivity contribution in [1.29, 1.82) is 0 Å². The summed E-state index contributed by atoms with van der Waals surface area (Å²) in [5.74, 6) is -3.96. The molecule has 0 spiro atoms. The molecule has 1 amide bonds. The SMILES string of the molecule is C=C(Cl)S/C(=C\C)CN1CC(c2cc(F)cc(F)c2F)CC1=O.CC. The normalized spacial score (nSPS) is 17.4. The molecule has 1 heterocycles. The zero-order valence-corrected chi connectivity index (χ0v) is 16.0. The van der Waals surface area contributed by atoms with Gasteiger partial charge < -0.3 is 4.90 Å². The van der Waals surface area contributed by atoms with Crippen LogP contribution in [0.15, 0.2) is 34.1 Å². The lowest BCUT2D eigenvalue weighted by atomic mass is 9.97. The van der Waals surface area contributed by atoms with Crippen LogP contribution in [0.4, 0.5) is 13.2 Å². The molecule has 0 aromatic heterocycles. The third kappa shape index (κ3) is 5.82. The minimum absolute atomic E-state index is 0.0172. The molecule has 1 atom stereocenters. The van der Waals surface area contributed by atoms with E-state index in [2.05, 4.69) is 6.58 Å². The van der Waals surface area contributed by atoms with Gasteiger partial charge in [-0.15, -0.1) is 0 Å². The molecule has 25 heavy (non-hydrogen) atoms. The fraction of sp³-hybridized carbons (Fsp3) is 0.389. The second-order valence-corrected chi connectivity index (χ2v) is 7.08. The van der Waals surface area contributed by atoms with Crippen molar-refractivity contribution in [3.8, 4) is 0 Å². The Morgan fingerprint density at radius 3 is 2.60 bits per heavy atom. The Kier molecular flexibility index (Phi) is 8.59. The van der Waals surface area contributed by atoms with Gasteiger partial charge >= 0.3 is 0 Å². The van der Waals surface area contributed by atoms with Crippen molar-refractivity contribution in [3.63, 3.8) is 0 Å². The molecule has 138 valence electrons. The number of benzene rings is 1. The van der Waals surface area contributed by atoms with E-state index in [1.54, 1.807) is 6.08 Å². The van der Waals surface area contributed by atoms with Crippen LogP contribution in [0.2, 0.25) is 0 Å². The van der Waals surface area contributed by atoms with Gasteiger partial charge in [0.2, 0.25) is 5.91 Å². The number of hydrogen-bond acceptors (Lipinski definition) is 2. The number of amides is 1. The lowest BCUT2D eigenvalue weighted by Gasteiger charge is -2.18. The number of thioether (sulfide) groups is 1. The molecule has 2 rings (SSSR count). The van der Waals surface area contributed by atoms with E-state index in [4.69, 9.17) is 11.6 Å². The molecular formula is C18H21ClF3NOS. The van der Waals surface area contributed by atoms with E-state index < -0.39 is 23.4 Å². The Labute approximate surface area is 155 Å². The van der Waals surface area contributed by atoms with Crippen LogP contribution in [0, 0.1) is 17.5 Å². The van der Waals surface area contributed by atoms with E-state index in [0.29, 0.717) is 17.0 Å². The maximum Gasteiger partial charge on any atom is 0.223 e. The van der Waals surface area contributed by atoms with Crippen molar-refractivity contribution in [1.82, 2.24) is 4.90 Å². The molecule has 1 aliphatic heterocycles. The average Bonchev–Trinajstić information content (AvgIpc) is 2.92. The number of rotatable bonds is 5. The first-order valence-electron chi connectivity index (χ1n) is 7.91. The molecular weight excluding hydrogens is 371 g/mol. The predicted octanol–water partition coefficient (Wildman–Crippen LogP) is 5.79. The summed E-state index contributed by atoms with van der Waals surface area (Å²) in [6.45, 7) is 9.90. The number of carbonyl (C=O) groups is 1. The fourth-order valence-electron chi connectivity index (χ4n) is 2.52. The first kappa shape index (κ1) is 21.6. The van der Waals surface area contributed by atoms with Gasteiger partial charge in [0, 0.05) is 29.9 Å². The lowest BCUT2D eigenvalue weighted by Crippen LogP contribution is -2.26. The van der Waals surface area contributed by atoms with Crippen LogP contribution in [0.1, 0.15) is 38.7 Å². The lowest BCUT2D eigenvalue weighted by molar-refractivity contribution is -0.127. The predicted molar refractivity (Wildman–Crippen MR) is 97.9 cm³/mol. The van der Waals surface area contributed by atoms with Crippen molar-refractivity contribution < 1.29 is 18.0 Å². The van der Waals surface area contributed by atoms with Crippen LogP contribution in [0.3, 0.4) is 0 Å². The summed E-state index contributed by atoms with van der Waals surface area (Å²) in [7, 11) is 0. The van der Waals surface area contributed by atoms with Crippen LogP contribution in [-0.4, -0.2) is 23.9 Å². The minimum atomic E-state index is -1.24. The standard InChI is InChI=1S/C16H15ClF3NOS.C2H6/c1-3-12(23-9(2)17)8-21-7-10(4-15(21)22)13-5-11(18)6-14(19)16(13)20;1-2/h3,5-6,10H,2,4,7-8H2,1H3;1-2H3/b12-3-;. The number of halogens is 4. The third-order valence-electron chi connectivity index (χ3n) is 3.59. The maximum atomic E-state index is 13.9. The van der Waals surface area contributed by atoms with E-state index in [1.807, 2.05) is 20.8 Å². The van der Waals surface area contributed by atoms with Crippen LogP contribution >= 0.6 is 23.4 Å². The fourth-order valence-corrected chi connectivity index (χ4v) is 3.44. The second-order valence-electron chi connectivity index (χ2n) is 5.18. The Balaban J connectivity index is 0.00000151. The van der Waals surface area contributed by atoms with Crippen molar-refractivity contribution in [2.24, 2.45) is 0 Å². The van der Waals surface area contributed by atoms with Gasteiger partial charge in [-0.25, -0.2) is 13.2 Å². The van der Waals surface area contributed by atoms with E-state index in [0.717, 1.165) is 11.0 Å². The highest BCUT2D eigenvalue weighted by Crippen LogP contribution is 2.34. The van der Waals surface area contributed by atoms with Gasteiger partial charge in [0.05, 0.1) is 10.9 Å². The number of hydrogen-bond donors (Lipinski definition) is 0. The quantitative estimate of drug-likeness (QED) is 0.592. The molecule has 1 aromatic carbocycles. The van der Waals surface area contributed by atoms with Crippen LogP contribution in [-0.2, 0) is 4.79 Å². The summed E-state index contributed by atoms with van der Waals surface area (Å²) in [5.41, 5.74) is -0.102. The zero-order chi connectivity index (χ0) is 19.1. The first-order valence-corrected chi connectivity index (χ1v) is 9.11. The number of nitrogens with zero attached hydrogens (tertiary/aromatic N) is 1. The molecule has 0 N–H and O–H groups in total. The van der Waals surface area contributed by atoms with Crippen molar-refractivity contribution in [3.05, 3.63) is 57.1 Å². The van der Waals surface area contributed by atoms with Gasteiger partial charge in [0.1, 0.15) is 5.82 Å². The topological polar surface area (TPSA) is 20.3 Å². The van der Waals surface area contributed by atoms with Crippen molar-refractivity contribution in [2.75, 3.05) is 13.1 Å². The Bertz CT molecular complexity index is 679. The van der Waals surface area contributed by atoms with Crippen LogP contribution < -0.4 is 0 Å². The Hall–Kier alpha value is -1.40. The van der Waals surface area contributed by atoms with Crippen molar-refractivity contribution in [2.45, 2.75) is 33.1 Å². The van der Waals surface area contributed by atoms with E-state index in [1.165, 1.54) is 16.7 Å². The Morgan fingerprint density at radius 2 is 2.04 bits per heavy atom. The van der Waals surface area contributed by atoms with Crippen LogP contribution in [0.25, 0.3) is 0 Å². The summed E-state index contributed by atoms with van der Waals surface area (Å²) in [6, 6.07) is 1.44. The highest BCUT2D eigenvalue weighted by molar-refractivity contribution is 8.08. The zero-order valence-electron chi connectivity index (χ0n) is 14.4. The smallest absolute Gasteiger partial charge is 0.223 e. The minimum Gasteiger partial charge on any atom is -0.337 e. The van der Waals surface area contributed by atoms with Gasteiger partial charge in [-0.1, -0.05) is 49.9 Å². The van der Waals surface area contributed by atoms with Crippen molar-refractivity contribution >= 4 is 29.3 Å². The molecule has 1 aliphatic rings. The second kappa shape index (κ2) is 9.92. The Morgan fingerprint density at radius 1 is 1.40 bits per heavy atom. The van der Waals surface area contributed by atoms with Gasteiger partial charge in [-0.3, -0.25) is 4.79 Å². The summed E-state index contributed by atoms with van der Waals surface area (Å²) in [5, 5.41) is 0. The highest BCUT2D eigenvalue weighted by atomic mass is 35.5.